The van der Waals surface area contributed by atoms with Crippen LogP contribution in [0.1, 0.15) is 23.8 Å². The van der Waals surface area contributed by atoms with Gasteiger partial charge in [0.2, 0.25) is 0 Å². The Morgan fingerprint density at radius 3 is 2.65 bits per heavy atom. The number of hydrogen-bond acceptors (Lipinski definition) is 3. The third-order valence-electron chi connectivity index (χ3n) is 4.77. The van der Waals surface area contributed by atoms with E-state index < -0.39 is 0 Å². The molecule has 1 fully saturated rings. The maximum Gasteiger partial charge on any atom is 0.261 e. The van der Waals surface area contributed by atoms with E-state index in [1.807, 2.05) is 53.4 Å². The Labute approximate surface area is 157 Å². The summed E-state index contributed by atoms with van der Waals surface area (Å²) in [7, 11) is 0. The molecule has 0 radical (unpaired) electrons. The van der Waals surface area contributed by atoms with E-state index in [2.05, 4.69) is 23.6 Å². The van der Waals surface area contributed by atoms with E-state index in [0.717, 1.165) is 36.3 Å². The van der Waals surface area contributed by atoms with Crippen molar-refractivity contribution >= 4 is 17.2 Å². The second-order valence-corrected chi connectivity index (χ2v) is 7.39. The maximum atomic E-state index is 12.8. The lowest BCUT2D eigenvalue weighted by Crippen LogP contribution is -2.34. The zero-order chi connectivity index (χ0) is 17.8. The third-order valence-corrected chi connectivity index (χ3v) is 5.74. The van der Waals surface area contributed by atoms with Gasteiger partial charge in [0.1, 0.15) is 5.75 Å². The smallest absolute Gasteiger partial charge is 0.261 e. The molecule has 4 heteroatoms. The summed E-state index contributed by atoms with van der Waals surface area (Å²) in [6.07, 6.45) is 2.09. The Balaban J connectivity index is 1.47. The van der Waals surface area contributed by atoms with E-state index in [9.17, 15) is 4.79 Å². The molecule has 1 aliphatic heterocycles. The Kier molecular flexibility index (Phi) is 5.02. The molecule has 1 saturated heterocycles. The summed E-state index contributed by atoms with van der Waals surface area (Å²) in [6, 6.07) is 22.4. The Morgan fingerprint density at radius 1 is 1.04 bits per heavy atom. The summed E-state index contributed by atoms with van der Waals surface area (Å²) in [4.78, 5) is 16.0. The molecule has 1 amide bonds. The van der Waals surface area contributed by atoms with Crippen LogP contribution in [-0.4, -0.2) is 24.0 Å². The minimum absolute atomic E-state index is 0.0590. The largest absolute Gasteiger partial charge is 0.483 e. The number of nitrogens with zero attached hydrogens (tertiary/aromatic N) is 1. The third kappa shape index (κ3) is 3.51. The normalized spacial score (nSPS) is 16.6. The first-order valence-electron chi connectivity index (χ1n) is 8.93. The fourth-order valence-electron chi connectivity index (χ4n) is 3.51. The first-order valence-corrected chi connectivity index (χ1v) is 9.81. The minimum atomic E-state index is 0.0590. The molecule has 0 spiro atoms. The van der Waals surface area contributed by atoms with Crippen molar-refractivity contribution in [1.82, 2.24) is 4.90 Å². The molecule has 3 nitrogen and oxygen atoms in total. The van der Waals surface area contributed by atoms with Crippen molar-refractivity contribution in [2.75, 3.05) is 13.2 Å². The molecule has 26 heavy (non-hydrogen) atoms. The highest BCUT2D eigenvalue weighted by Crippen LogP contribution is 2.35. The number of amides is 1. The number of rotatable bonds is 5. The molecular weight excluding hydrogens is 342 g/mol. The van der Waals surface area contributed by atoms with E-state index in [4.69, 9.17) is 4.74 Å². The molecule has 0 unspecified atom stereocenters. The first-order chi connectivity index (χ1) is 12.8. The monoisotopic (exact) mass is 363 g/mol. The summed E-state index contributed by atoms with van der Waals surface area (Å²) >= 11 is 1.72. The van der Waals surface area contributed by atoms with E-state index in [0.29, 0.717) is 0 Å². The molecule has 1 aliphatic rings. The van der Waals surface area contributed by atoms with Gasteiger partial charge in [-0.15, -0.1) is 11.3 Å². The van der Waals surface area contributed by atoms with Crippen molar-refractivity contribution in [3.05, 3.63) is 77.0 Å². The number of likely N-dealkylation sites (tertiary alicyclic amines) is 1. The van der Waals surface area contributed by atoms with E-state index >= 15 is 0 Å². The van der Waals surface area contributed by atoms with Crippen LogP contribution < -0.4 is 4.74 Å². The van der Waals surface area contributed by atoms with Crippen LogP contribution >= 0.6 is 11.3 Å². The van der Waals surface area contributed by atoms with Crippen LogP contribution in [0.25, 0.3) is 11.1 Å². The molecule has 1 atom stereocenters. The fourth-order valence-corrected chi connectivity index (χ4v) is 4.39. The van der Waals surface area contributed by atoms with Gasteiger partial charge in [-0.05, 0) is 35.9 Å². The van der Waals surface area contributed by atoms with Gasteiger partial charge in [0, 0.05) is 17.0 Å². The molecule has 3 aromatic rings. The lowest BCUT2D eigenvalue weighted by atomic mass is 10.1. The van der Waals surface area contributed by atoms with Crippen LogP contribution in [-0.2, 0) is 4.79 Å². The number of carbonyl (C=O) groups excluding carboxylic acids is 1. The Morgan fingerprint density at radius 2 is 1.85 bits per heavy atom. The molecule has 2 aromatic carbocycles. The minimum Gasteiger partial charge on any atom is -0.483 e. The second-order valence-electron chi connectivity index (χ2n) is 6.41. The van der Waals surface area contributed by atoms with E-state index in [1.54, 1.807) is 11.3 Å². The molecule has 2 heterocycles. The number of para-hydroxylation sites is 1. The highest BCUT2D eigenvalue weighted by atomic mass is 32.1. The number of thiophene rings is 1. The molecular formula is C22H21NO2S. The van der Waals surface area contributed by atoms with Crippen molar-refractivity contribution < 1.29 is 9.53 Å². The van der Waals surface area contributed by atoms with Crippen LogP contribution in [0.4, 0.5) is 0 Å². The topological polar surface area (TPSA) is 29.5 Å². The van der Waals surface area contributed by atoms with Gasteiger partial charge in [0.15, 0.2) is 6.61 Å². The standard InChI is InChI=1S/C22H21NO2S/c24-22(23-14-6-11-19(23)21-13-7-15-26-21)16-25-20-12-5-4-10-18(20)17-8-2-1-3-9-17/h1-5,7-10,12-13,15,19H,6,11,14,16H2/t19-/m0/s1. The number of carbonyl (C=O) groups is 1. The van der Waals surface area contributed by atoms with Gasteiger partial charge in [0.05, 0.1) is 6.04 Å². The van der Waals surface area contributed by atoms with Crippen LogP contribution in [0.5, 0.6) is 5.75 Å². The molecule has 1 aromatic heterocycles. The van der Waals surface area contributed by atoms with Gasteiger partial charge >= 0.3 is 0 Å². The fraction of sp³-hybridized carbons (Fsp3) is 0.227. The van der Waals surface area contributed by atoms with Crippen LogP contribution in [0, 0.1) is 0 Å². The van der Waals surface area contributed by atoms with Crippen molar-refractivity contribution in [3.63, 3.8) is 0 Å². The van der Waals surface area contributed by atoms with Gasteiger partial charge in [-0.2, -0.15) is 0 Å². The number of hydrogen-bond donors (Lipinski definition) is 0. The van der Waals surface area contributed by atoms with Gasteiger partial charge in [0.25, 0.3) is 5.91 Å². The van der Waals surface area contributed by atoms with Crippen LogP contribution in [0.3, 0.4) is 0 Å². The average Bonchev–Trinajstić information content (AvgIpc) is 3.38. The first kappa shape index (κ1) is 16.9. The number of benzene rings is 2. The van der Waals surface area contributed by atoms with Crippen molar-refractivity contribution in [1.29, 1.82) is 0 Å². The summed E-state index contributed by atoms with van der Waals surface area (Å²) in [5, 5.41) is 2.07. The van der Waals surface area contributed by atoms with Crippen LogP contribution in [0.2, 0.25) is 0 Å². The Bertz CT molecular complexity index is 861. The summed E-state index contributed by atoms with van der Waals surface area (Å²) < 4.78 is 5.94. The second kappa shape index (κ2) is 7.75. The summed E-state index contributed by atoms with van der Waals surface area (Å²) in [6.45, 7) is 0.886. The van der Waals surface area contributed by atoms with Gasteiger partial charge in [-0.1, -0.05) is 54.6 Å². The predicted molar refractivity (Wildman–Crippen MR) is 105 cm³/mol. The zero-order valence-corrected chi connectivity index (χ0v) is 15.3. The summed E-state index contributed by atoms with van der Waals surface area (Å²) in [5.41, 5.74) is 2.10. The Hall–Kier alpha value is -2.59. The number of ether oxygens (including phenoxy) is 1. The van der Waals surface area contributed by atoms with Crippen molar-refractivity contribution in [2.24, 2.45) is 0 Å². The van der Waals surface area contributed by atoms with E-state index in [1.165, 1.54) is 4.88 Å². The molecule has 0 N–H and O–H groups in total. The van der Waals surface area contributed by atoms with Gasteiger partial charge in [-0.3, -0.25) is 4.79 Å². The lowest BCUT2D eigenvalue weighted by Gasteiger charge is -2.24. The molecule has 0 bridgehead atoms. The molecule has 132 valence electrons. The van der Waals surface area contributed by atoms with Gasteiger partial charge < -0.3 is 9.64 Å². The van der Waals surface area contributed by atoms with Crippen molar-refractivity contribution in [2.45, 2.75) is 18.9 Å². The highest BCUT2D eigenvalue weighted by Gasteiger charge is 2.30. The van der Waals surface area contributed by atoms with E-state index in [-0.39, 0.29) is 18.6 Å². The maximum absolute atomic E-state index is 12.8. The lowest BCUT2D eigenvalue weighted by molar-refractivity contribution is -0.134. The zero-order valence-electron chi connectivity index (χ0n) is 14.5. The van der Waals surface area contributed by atoms with Gasteiger partial charge in [-0.25, -0.2) is 0 Å². The van der Waals surface area contributed by atoms with Crippen LogP contribution in [0.15, 0.2) is 72.1 Å². The predicted octanol–water partition coefficient (Wildman–Crippen LogP) is 5.16. The highest BCUT2D eigenvalue weighted by molar-refractivity contribution is 7.10. The SMILES string of the molecule is O=C(COc1ccccc1-c1ccccc1)N1CCC[C@H]1c1cccs1. The summed E-state index contributed by atoms with van der Waals surface area (Å²) in [5.74, 6) is 0.808. The molecule has 0 aliphatic carbocycles. The average molecular weight is 363 g/mol. The quantitative estimate of drug-likeness (QED) is 0.627. The van der Waals surface area contributed by atoms with Crippen molar-refractivity contribution in [3.8, 4) is 16.9 Å². The molecule has 4 rings (SSSR count). The molecule has 0 saturated carbocycles.